The zero-order chi connectivity index (χ0) is 16.4. The summed E-state index contributed by atoms with van der Waals surface area (Å²) in [6, 6.07) is 5.43. The zero-order valence-corrected chi connectivity index (χ0v) is 14.0. The fourth-order valence-electron chi connectivity index (χ4n) is 2.56. The van der Waals surface area contributed by atoms with Gasteiger partial charge in [-0.1, -0.05) is 23.4 Å². The van der Waals surface area contributed by atoms with Gasteiger partial charge in [-0.05, 0) is 24.1 Å². The smallest absolute Gasteiger partial charge is 0.227 e. The second kappa shape index (κ2) is 6.72. The van der Waals surface area contributed by atoms with Gasteiger partial charge in [0.25, 0.3) is 0 Å². The molecule has 1 aliphatic heterocycles. The average Bonchev–Trinajstić information content (AvgIpc) is 3.14. The molecule has 1 aliphatic rings. The van der Waals surface area contributed by atoms with E-state index < -0.39 is 0 Å². The van der Waals surface area contributed by atoms with Crippen LogP contribution in [0.25, 0.3) is 5.69 Å². The molecule has 23 heavy (non-hydrogen) atoms. The van der Waals surface area contributed by atoms with E-state index in [1.165, 1.54) is 18.1 Å². The number of anilines is 1. The average molecular weight is 351 g/mol. The van der Waals surface area contributed by atoms with Crippen LogP contribution in [0.15, 0.2) is 30.9 Å². The van der Waals surface area contributed by atoms with Gasteiger partial charge in [0.05, 0.1) is 10.7 Å². The van der Waals surface area contributed by atoms with Crippen LogP contribution in [0.1, 0.15) is 13.3 Å². The molecular weight excluding hydrogens is 336 g/mol. The maximum atomic E-state index is 12.2. The van der Waals surface area contributed by atoms with E-state index >= 15 is 0 Å². The third kappa shape index (κ3) is 3.56. The molecule has 1 atom stereocenters. The van der Waals surface area contributed by atoms with E-state index in [0.29, 0.717) is 29.4 Å². The lowest BCUT2D eigenvalue weighted by Crippen LogP contribution is -2.24. The van der Waals surface area contributed by atoms with Gasteiger partial charge in [-0.15, -0.1) is 0 Å². The minimum absolute atomic E-state index is 0.0590. The number of halogens is 1. The first-order chi connectivity index (χ1) is 11.0. The fraction of sp³-hybridized carbons (Fsp3) is 0.333. The maximum Gasteiger partial charge on any atom is 0.227 e. The van der Waals surface area contributed by atoms with Gasteiger partial charge in [-0.2, -0.15) is 5.10 Å². The Morgan fingerprint density at radius 3 is 2.96 bits per heavy atom. The van der Waals surface area contributed by atoms with Crippen LogP contribution < -0.4 is 4.90 Å². The van der Waals surface area contributed by atoms with E-state index in [9.17, 15) is 9.59 Å². The third-order valence-electron chi connectivity index (χ3n) is 3.64. The predicted octanol–water partition coefficient (Wildman–Crippen LogP) is 2.55. The van der Waals surface area contributed by atoms with E-state index in [4.69, 9.17) is 11.6 Å². The van der Waals surface area contributed by atoms with Crippen molar-refractivity contribution in [2.24, 2.45) is 5.92 Å². The number of amides is 1. The van der Waals surface area contributed by atoms with Gasteiger partial charge in [0.1, 0.15) is 12.7 Å². The molecule has 0 aliphatic carbocycles. The van der Waals surface area contributed by atoms with Crippen molar-refractivity contribution in [3.63, 3.8) is 0 Å². The van der Waals surface area contributed by atoms with Crippen LogP contribution in [0.3, 0.4) is 0 Å². The third-order valence-corrected chi connectivity index (χ3v) is 4.98. The molecule has 8 heteroatoms. The van der Waals surface area contributed by atoms with Crippen LogP contribution in [0, 0.1) is 5.92 Å². The molecule has 6 nitrogen and oxygen atoms in total. The predicted molar refractivity (Wildman–Crippen MR) is 90.0 cm³/mol. The molecule has 0 N–H and O–H groups in total. The first kappa shape index (κ1) is 16.0. The van der Waals surface area contributed by atoms with E-state index in [1.807, 2.05) is 12.1 Å². The number of benzene rings is 1. The largest absolute Gasteiger partial charge is 0.312 e. The molecule has 0 bridgehead atoms. The summed E-state index contributed by atoms with van der Waals surface area (Å²) >= 11 is 7.58. The first-order valence-electron chi connectivity index (χ1n) is 7.13. The van der Waals surface area contributed by atoms with Crippen LogP contribution in [-0.2, 0) is 9.59 Å². The Morgan fingerprint density at radius 1 is 1.48 bits per heavy atom. The number of hydrogen-bond acceptors (Lipinski definition) is 5. The summed E-state index contributed by atoms with van der Waals surface area (Å²) < 4.78 is 1.57. The minimum Gasteiger partial charge on any atom is -0.312 e. The van der Waals surface area contributed by atoms with Crippen LogP contribution >= 0.6 is 23.4 Å². The molecule has 1 fully saturated rings. The summed E-state index contributed by atoms with van der Waals surface area (Å²) in [5.41, 5.74) is 1.47. The summed E-state index contributed by atoms with van der Waals surface area (Å²) in [6.45, 7) is 2.15. The van der Waals surface area contributed by atoms with Crippen molar-refractivity contribution in [2.45, 2.75) is 13.3 Å². The lowest BCUT2D eigenvalue weighted by atomic mass is 10.1. The van der Waals surface area contributed by atoms with Gasteiger partial charge in [-0.25, -0.2) is 9.67 Å². The standard InChI is InChI=1S/C15H15ClN4O2S/c1-10(21)23-7-11-4-15(22)19(6-11)12-2-3-14(13(16)5-12)20-9-17-8-18-20/h2-3,5,8-9,11H,4,6-7H2,1H3. The Bertz CT molecular complexity index is 735. The van der Waals surface area contributed by atoms with Gasteiger partial charge >= 0.3 is 0 Å². The van der Waals surface area contributed by atoms with Crippen molar-refractivity contribution in [3.8, 4) is 5.69 Å². The zero-order valence-electron chi connectivity index (χ0n) is 12.5. The Morgan fingerprint density at radius 2 is 2.30 bits per heavy atom. The maximum absolute atomic E-state index is 12.2. The molecule has 0 saturated carbocycles. The SMILES string of the molecule is CC(=O)SCC1CC(=O)N(c2ccc(-n3cncn3)c(Cl)c2)C1. The lowest BCUT2D eigenvalue weighted by molar-refractivity contribution is -0.117. The van der Waals surface area contributed by atoms with Gasteiger partial charge in [-0.3, -0.25) is 9.59 Å². The van der Waals surface area contributed by atoms with Crippen LogP contribution in [0.4, 0.5) is 5.69 Å². The summed E-state index contributed by atoms with van der Waals surface area (Å²) in [4.78, 5) is 28.9. The van der Waals surface area contributed by atoms with Gasteiger partial charge < -0.3 is 4.90 Å². The molecule has 1 aromatic carbocycles. The van der Waals surface area contributed by atoms with Gasteiger partial charge in [0.2, 0.25) is 5.91 Å². The highest BCUT2D eigenvalue weighted by Gasteiger charge is 2.31. The molecule has 2 heterocycles. The molecule has 0 radical (unpaired) electrons. The summed E-state index contributed by atoms with van der Waals surface area (Å²) in [6.07, 6.45) is 3.46. The van der Waals surface area contributed by atoms with Gasteiger partial charge in [0, 0.05) is 31.3 Å². The first-order valence-corrected chi connectivity index (χ1v) is 8.49. The number of carbonyl (C=O) groups excluding carboxylic acids is 2. The molecule has 1 saturated heterocycles. The van der Waals surface area contributed by atoms with Crippen molar-refractivity contribution in [1.82, 2.24) is 14.8 Å². The molecule has 1 aromatic heterocycles. The minimum atomic E-state index is 0.0590. The normalized spacial score (nSPS) is 17.7. The Hall–Kier alpha value is -1.86. The number of aromatic nitrogens is 3. The molecular formula is C15H15ClN4O2S. The number of carbonyl (C=O) groups is 2. The second-order valence-corrected chi connectivity index (χ2v) is 6.96. The van der Waals surface area contributed by atoms with Crippen molar-refractivity contribution < 1.29 is 9.59 Å². The number of nitrogens with zero attached hydrogens (tertiary/aromatic N) is 4. The summed E-state index contributed by atoms with van der Waals surface area (Å²) in [7, 11) is 0. The molecule has 0 spiro atoms. The highest BCUT2D eigenvalue weighted by atomic mass is 35.5. The highest BCUT2D eigenvalue weighted by Crippen LogP contribution is 2.31. The van der Waals surface area contributed by atoms with Crippen LogP contribution in [0.2, 0.25) is 5.02 Å². The second-order valence-electron chi connectivity index (χ2n) is 5.35. The molecule has 1 unspecified atom stereocenters. The summed E-state index contributed by atoms with van der Waals surface area (Å²) in [5, 5.41) is 4.63. The van der Waals surface area contributed by atoms with Crippen molar-refractivity contribution in [1.29, 1.82) is 0 Å². The van der Waals surface area contributed by atoms with Crippen LogP contribution in [-0.4, -0.2) is 38.1 Å². The van der Waals surface area contributed by atoms with E-state index in [0.717, 1.165) is 5.69 Å². The van der Waals surface area contributed by atoms with E-state index in [1.54, 1.807) is 28.9 Å². The van der Waals surface area contributed by atoms with E-state index in [2.05, 4.69) is 10.1 Å². The molecule has 3 rings (SSSR count). The Balaban J connectivity index is 1.76. The number of thioether (sulfide) groups is 1. The summed E-state index contributed by atoms with van der Waals surface area (Å²) in [5.74, 6) is 0.913. The fourth-order valence-corrected chi connectivity index (χ4v) is 3.52. The highest BCUT2D eigenvalue weighted by molar-refractivity contribution is 8.13. The number of rotatable bonds is 4. The van der Waals surface area contributed by atoms with Crippen molar-refractivity contribution in [2.75, 3.05) is 17.2 Å². The van der Waals surface area contributed by atoms with E-state index in [-0.39, 0.29) is 16.9 Å². The number of hydrogen-bond donors (Lipinski definition) is 0. The molecule has 2 aromatic rings. The van der Waals surface area contributed by atoms with Crippen molar-refractivity contribution in [3.05, 3.63) is 35.9 Å². The topological polar surface area (TPSA) is 68.1 Å². The van der Waals surface area contributed by atoms with Crippen molar-refractivity contribution >= 4 is 40.1 Å². The monoisotopic (exact) mass is 350 g/mol. The quantitative estimate of drug-likeness (QED) is 0.847. The Kier molecular flexibility index (Phi) is 4.68. The lowest BCUT2D eigenvalue weighted by Gasteiger charge is -2.18. The van der Waals surface area contributed by atoms with Crippen LogP contribution in [0.5, 0.6) is 0 Å². The molecule has 120 valence electrons. The van der Waals surface area contributed by atoms with Gasteiger partial charge in [0.15, 0.2) is 5.12 Å². The Labute approximate surface area is 142 Å². The molecule has 1 amide bonds.